The van der Waals surface area contributed by atoms with Gasteiger partial charge in [-0.2, -0.15) is 0 Å². The lowest BCUT2D eigenvalue weighted by molar-refractivity contribution is -0.113. The third-order valence-corrected chi connectivity index (χ3v) is 4.38. The SMILES string of the molecule is O=C1/C(=C\c2ccccc2F)SC(=S)N1c1ccccc1F. The Morgan fingerprint density at radius 1 is 1.00 bits per heavy atom. The summed E-state index contributed by atoms with van der Waals surface area (Å²) >= 11 is 6.18. The highest BCUT2D eigenvalue weighted by atomic mass is 32.2. The number of hydrogen-bond donors (Lipinski definition) is 0. The smallest absolute Gasteiger partial charge is 0.268 e. The van der Waals surface area contributed by atoms with Crippen LogP contribution in [0, 0.1) is 11.6 Å². The van der Waals surface area contributed by atoms with Gasteiger partial charge in [0.25, 0.3) is 5.91 Å². The highest BCUT2D eigenvalue weighted by molar-refractivity contribution is 8.27. The summed E-state index contributed by atoms with van der Waals surface area (Å²) < 4.78 is 27.8. The second-order valence-electron chi connectivity index (χ2n) is 4.49. The number of carbonyl (C=O) groups is 1. The lowest BCUT2D eigenvalue weighted by Crippen LogP contribution is -2.28. The molecule has 0 saturated carbocycles. The highest BCUT2D eigenvalue weighted by Crippen LogP contribution is 2.37. The Morgan fingerprint density at radius 2 is 1.64 bits per heavy atom. The van der Waals surface area contributed by atoms with E-state index in [0.717, 1.165) is 16.7 Å². The summed E-state index contributed by atoms with van der Waals surface area (Å²) in [6.45, 7) is 0. The van der Waals surface area contributed by atoms with E-state index >= 15 is 0 Å². The van der Waals surface area contributed by atoms with E-state index in [1.165, 1.54) is 30.3 Å². The molecule has 0 aliphatic carbocycles. The van der Waals surface area contributed by atoms with Crippen LogP contribution < -0.4 is 4.90 Å². The van der Waals surface area contributed by atoms with Crippen LogP contribution in [0.15, 0.2) is 53.4 Å². The van der Waals surface area contributed by atoms with Crippen LogP contribution in [0.3, 0.4) is 0 Å². The number of amides is 1. The van der Waals surface area contributed by atoms with Crippen molar-refractivity contribution in [2.45, 2.75) is 0 Å². The van der Waals surface area contributed by atoms with Crippen molar-refractivity contribution in [2.24, 2.45) is 0 Å². The van der Waals surface area contributed by atoms with Gasteiger partial charge in [0, 0.05) is 5.56 Å². The molecular weight excluding hydrogens is 324 g/mol. The molecule has 1 saturated heterocycles. The summed E-state index contributed by atoms with van der Waals surface area (Å²) in [6.07, 6.45) is 1.43. The first kappa shape index (κ1) is 14.9. The van der Waals surface area contributed by atoms with E-state index in [0.29, 0.717) is 0 Å². The van der Waals surface area contributed by atoms with E-state index in [4.69, 9.17) is 12.2 Å². The molecule has 1 heterocycles. The van der Waals surface area contributed by atoms with Gasteiger partial charge in [-0.05, 0) is 24.3 Å². The molecule has 0 spiro atoms. The van der Waals surface area contributed by atoms with Crippen molar-refractivity contribution in [2.75, 3.05) is 4.90 Å². The van der Waals surface area contributed by atoms with Crippen molar-refractivity contribution < 1.29 is 13.6 Å². The number of carbonyl (C=O) groups excluding carboxylic acids is 1. The minimum Gasteiger partial charge on any atom is -0.268 e. The number of halogens is 2. The second kappa shape index (κ2) is 5.98. The molecule has 6 heteroatoms. The standard InChI is InChI=1S/C16H9F2NOS2/c17-11-6-2-1-5-10(11)9-14-15(20)19(16(21)22-14)13-8-4-3-7-12(13)18/h1-9H/b14-9+. The highest BCUT2D eigenvalue weighted by Gasteiger charge is 2.34. The number of hydrogen-bond acceptors (Lipinski definition) is 3. The van der Waals surface area contributed by atoms with Crippen LogP contribution in [0.1, 0.15) is 5.56 Å². The third-order valence-electron chi connectivity index (χ3n) is 3.08. The number of thioether (sulfide) groups is 1. The summed E-state index contributed by atoms with van der Waals surface area (Å²) in [5.74, 6) is -1.42. The van der Waals surface area contributed by atoms with E-state index in [9.17, 15) is 13.6 Å². The minimum absolute atomic E-state index is 0.0990. The number of nitrogens with zero attached hydrogens (tertiary/aromatic N) is 1. The zero-order chi connectivity index (χ0) is 15.7. The molecule has 0 atom stereocenters. The van der Waals surface area contributed by atoms with Crippen molar-refractivity contribution >= 4 is 46.0 Å². The third kappa shape index (κ3) is 2.67. The predicted octanol–water partition coefficient (Wildman–Crippen LogP) is 4.37. The number of thiocarbonyl (C=S) groups is 1. The molecule has 1 aliphatic heterocycles. The topological polar surface area (TPSA) is 20.3 Å². The number of rotatable bonds is 2. The van der Waals surface area contributed by atoms with Crippen molar-refractivity contribution in [3.05, 3.63) is 70.6 Å². The quantitative estimate of drug-likeness (QED) is 0.601. The maximum Gasteiger partial charge on any atom is 0.270 e. The van der Waals surface area contributed by atoms with Gasteiger partial charge in [0.15, 0.2) is 4.32 Å². The van der Waals surface area contributed by atoms with Crippen molar-refractivity contribution in [1.82, 2.24) is 0 Å². The summed E-state index contributed by atoms with van der Waals surface area (Å²) in [5.41, 5.74) is 0.387. The molecule has 0 aromatic heterocycles. The van der Waals surface area contributed by atoms with Gasteiger partial charge in [-0.3, -0.25) is 9.69 Å². The summed E-state index contributed by atoms with van der Waals surface area (Å²) in [5, 5.41) is 0. The second-order valence-corrected chi connectivity index (χ2v) is 6.17. The van der Waals surface area contributed by atoms with Crippen molar-refractivity contribution in [1.29, 1.82) is 0 Å². The molecule has 3 rings (SSSR count). The lowest BCUT2D eigenvalue weighted by atomic mass is 10.2. The zero-order valence-corrected chi connectivity index (χ0v) is 12.8. The van der Waals surface area contributed by atoms with Crippen LogP contribution in [-0.4, -0.2) is 10.2 Å². The van der Waals surface area contributed by atoms with Crippen molar-refractivity contribution in [3.63, 3.8) is 0 Å². The lowest BCUT2D eigenvalue weighted by Gasteiger charge is -2.14. The van der Waals surface area contributed by atoms with Gasteiger partial charge in [-0.25, -0.2) is 8.78 Å². The Kier molecular flexibility index (Phi) is 4.04. The fraction of sp³-hybridized carbons (Fsp3) is 0. The Morgan fingerprint density at radius 3 is 2.32 bits per heavy atom. The molecule has 0 unspecified atom stereocenters. The molecule has 0 bridgehead atoms. The van der Waals surface area contributed by atoms with E-state index in [2.05, 4.69) is 0 Å². The fourth-order valence-electron chi connectivity index (χ4n) is 2.04. The average Bonchev–Trinajstić information content (AvgIpc) is 2.77. The molecule has 2 nitrogen and oxygen atoms in total. The Labute approximate surface area is 135 Å². The molecule has 0 N–H and O–H groups in total. The Hall–Kier alpha value is -2.05. The van der Waals surface area contributed by atoms with Crippen LogP contribution in [0.2, 0.25) is 0 Å². The molecule has 110 valence electrons. The van der Waals surface area contributed by atoms with Crippen LogP contribution in [0.4, 0.5) is 14.5 Å². The summed E-state index contributed by atoms with van der Waals surface area (Å²) in [6, 6.07) is 12.0. The first-order valence-corrected chi connectivity index (χ1v) is 7.57. The zero-order valence-electron chi connectivity index (χ0n) is 11.1. The number of para-hydroxylation sites is 1. The molecule has 1 aliphatic rings. The molecule has 2 aromatic carbocycles. The molecule has 1 amide bonds. The molecular formula is C16H9F2NOS2. The van der Waals surface area contributed by atoms with Gasteiger partial charge in [-0.15, -0.1) is 0 Å². The summed E-state index contributed by atoms with van der Waals surface area (Å²) in [7, 11) is 0. The van der Waals surface area contributed by atoms with E-state index < -0.39 is 17.5 Å². The average molecular weight is 333 g/mol. The monoisotopic (exact) mass is 333 g/mol. The van der Waals surface area contributed by atoms with Crippen molar-refractivity contribution in [3.8, 4) is 0 Å². The van der Waals surface area contributed by atoms with Gasteiger partial charge in [-0.1, -0.05) is 54.3 Å². The van der Waals surface area contributed by atoms with Crippen LogP contribution >= 0.6 is 24.0 Å². The first-order valence-electron chi connectivity index (χ1n) is 6.35. The van der Waals surface area contributed by atoms with E-state index in [1.807, 2.05) is 0 Å². The molecule has 2 aromatic rings. The fourth-order valence-corrected chi connectivity index (χ4v) is 3.32. The molecule has 0 radical (unpaired) electrons. The van der Waals surface area contributed by atoms with Crippen LogP contribution in [-0.2, 0) is 4.79 Å². The summed E-state index contributed by atoms with van der Waals surface area (Å²) in [4.78, 5) is 13.8. The van der Waals surface area contributed by atoms with Gasteiger partial charge in [0.2, 0.25) is 0 Å². The number of benzene rings is 2. The van der Waals surface area contributed by atoms with Gasteiger partial charge in [0.05, 0.1) is 10.6 Å². The molecule has 22 heavy (non-hydrogen) atoms. The first-order chi connectivity index (χ1) is 10.6. The predicted molar refractivity (Wildman–Crippen MR) is 88.5 cm³/mol. The van der Waals surface area contributed by atoms with E-state index in [-0.39, 0.29) is 20.5 Å². The Bertz CT molecular complexity index is 804. The minimum atomic E-state index is -0.536. The van der Waals surface area contributed by atoms with Crippen LogP contribution in [0.25, 0.3) is 6.08 Å². The van der Waals surface area contributed by atoms with E-state index in [1.54, 1.807) is 24.3 Å². The maximum absolute atomic E-state index is 13.9. The number of anilines is 1. The van der Waals surface area contributed by atoms with Gasteiger partial charge < -0.3 is 0 Å². The van der Waals surface area contributed by atoms with Gasteiger partial charge in [0.1, 0.15) is 11.6 Å². The van der Waals surface area contributed by atoms with Crippen LogP contribution in [0.5, 0.6) is 0 Å². The molecule has 1 fully saturated rings. The Balaban J connectivity index is 1.99. The van der Waals surface area contributed by atoms with Gasteiger partial charge >= 0.3 is 0 Å². The maximum atomic E-state index is 13.9. The normalized spacial score (nSPS) is 16.6. The largest absolute Gasteiger partial charge is 0.270 e.